The van der Waals surface area contributed by atoms with Gasteiger partial charge in [0.2, 0.25) is 0 Å². The van der Waals surface area contributed by atoms with Crippen molar-refractivity contribution in [1.29, 1.82) is 0 Å². The quantitative estimate of drug-likeness (QED) is 0.775. The number of nitrogens with one attached hydrogen (secondary N) is 1. The van der Waals surface area contributed by atoms with Gasteiger partial charge in [0.1, 0.15) is 30.5 Å². The molecule has 0 fully saturated rings. The van der Waals surface area contributed by atoms with Crippen molar-refractivity contribution in [3.05, 3.63) is 52.8 Å². The van der Waals surface area contributed by atoms with Crippen LogP contribution in [0.3, 0.4) is 0 Å². The van der Waals surface area contributed by atoms with Gasteiger partial charge in [-0.25, -0.2) is 13.8 Å². The number of carbonyl (C=O) groups excluding carboxylic acids is 1. The maximum atomic E-state index is 15.1. The van der Waals surface area contributed by atoms with Crippen molar-refractivity contribution < 1.29 is 23.0 Å². The second-order valence-corrected chi connectivity index (χ2v) is 7.22. The Balaban J connectivity index is 1.73. The fraction of sp³-hybridized carbons (Fsp3) is 0.316. The molecule has 0 saturated carbocycles. The molecule has 10 heteroatoms. The van der Waals surface area contributed by atoms with Gasteiger partial charge >= 0.3 is 0 Å². The van der Waals surface area contributed by atoms with E-state index >= 15 is 8.78 Å². The van der Waals surface area contributed by atoms with Gasteiger partial charge in [-0.15, -0.1) is 0 Å². The van der Waals surface area contributed by atoms with E-state index < -0.39 is 24.0 Å². The molecule has 1 aromatic heterocycles. The second-order valence-electron chi connectivity index (χ2n) is 6.79. The first-order chi connectivity index (χ1) is 13.8. The number of anilines is 1. The van der Waals surface area contributed by atoms with Gasteiger partial charge in [0, 0.05) is 23.9 Å². The summed E-state index contributed by atoms with van der Waals surface area (Å²) in [5.74, 6) is -3.58. The Morgan fingerprint density at radius 1 is 1.28 bits per heavy atom. The first-order valence-corrected chi connectivity index (χ1v) is 9.18. The Labute approximate surface area is 169 Å². The third-order valence-corrected chi connectivity index (χ3v) is 5.06. The van der Waals surface area contributed by atoms with Gasteiger partial charge in [0.15, 0.2) is 5.54 Å². The summed E-state index contributed by atoms with van der Waals surface area (Å²) in [6.07, 6.45) is 1.27. The van der Waals surface area contributed by atoms with Gasteiger partial charge in [-0.2, -0.15) is 0 Å². The van der Waals surface area contributed by atoms with Crippen LogP contribution in [0.4, 0.5) is 14.5 Å². The smallest absolute Gasteiger partial charge is 0.299 e. The highest BCUT2D eigenvalue weighted by atomic mass is 35.5. The van der Waals surface area contributed by atoms with Crippen LogP contribution in [0.1, 0.15) is 22.5 Å². The van der Waals surface area contributed by atoms with Crippen LogP contribution in [0.5, 0.6) is 5.75 Å². The lowest BCUT2D eigenvalue weighted by molar-refractivity contribution is -0.129. The molecule has 1 aromatic carbocycles. The van der Waals surface area contributed by atoms with Gasteiger partial charge in [0.05, 0.1) is 11.6 Å². The predicted molar refractivity (Wildman–Crippen MR) is 103 cm³/mol. The molecule has 7 nitrogen and oxygen atoms in total. The molecule has 4 rings (SSSR count). The summed E-state index contributed by atoms with van der Waals surface area (Å²) in [5, 5.41) is 3.04. The van der Waals surface area contributed by atoms with Crippen molar-refractivity contribution in [1.82, 2.24) is 4.98 Å². The largest absolute Gasteiger partial charge is 0.493 e. The number of alkyl halides is 2. The van der Waals surface area contributed by atoms with Crippen LogP contribution in [-0.4, -0.2) is 42.5 Å². The van der Waals surface area contributed by atoms with Crippen molar-refractivity contribution in [3.8, 4) is 5.75 Å². The van der Waals surface area contributed by atoms with E-state index in [9.17, 15) is 4.79 Å². The van der Waals surface area contributed by atoms with Gasteiger partial charge < -0.3 is 20.5 Å². The summed E-state index contributed by atoms with van der Waals surface area (Å²) >= 11 is 5.78. The number of amidine groups is 1. The maximum Gasteiger partial charge on any atom is 0.299 e. The highest BCUT2D eigenvalue weighted by Crippen LogP contribution is 2.51. The van der Waals surface area contributed by atoms with Crippen LogP contribution in [0.25, 0.3) is 0 Å². The first-order valence-electron chi connectivity index (χ1n) is 8.81. The minimum Gasteiger partial charge on any atom is -0.493 e. The van der Waals surface area contributed by atoms with Crippen molar-refractivity contribution in [2.24, 2.45) is 10.7 Å². The summed E-state index contributed by atoms with van der Waals surface area (Å²) in [4.78, 5) is 20.5. The van der Waals surface area contributed by atoms with Crippen molar-refractivity contribution in [2.45, 2.75) is 17.9 Å². The summed E-state index contributed by atoms with van der Waals surface area (Å²) in [6.45, 7) is -0.937. The third-order valence-electron chi connectivity index (χ3n) is 4.84. The number of nitrogens with zero attached hydrogens (tertiary/aromatic N) is 2. The van der Waals surface area contributed by atoms with E-state index in [0.717, 1.165) is 0 Å². The van der Waals surface area contributed by atoms with Crippen LogP contribution in [0.15, 0.2) is 41.5 Å². The zero-order valence-electron chi connectivity index (χ0n) is 15.1. The Hall–Kier alpha value is -2.78. The summed E-state index contributed by atoms with van der Waals surface area (Å²) in [6, 6.07) is 7.50. The molecular weight excluding hydrogens is 406 g/mol. The zero-order valence-corrected chi connectivity index (χ0v) is 15.9. The molecule has 2 aliphatic heterocycles. The number of aromatic nitrogens is 1. The SMILES string of the molecule is NC1=N[C@@]2(CCOc3ccc(NC(=O)c4ccc(Cl)cn4)cc32)C(F)(F)COC1. The average molecular weight is 423 g/mol. The van der Waals surface area contributed by atoms with Crippen molar-refractivity contribution in [2.75, 3.05) is 25.1 Å². The average Bonchev–Trinajstić information content (AvgIpc) is 2.79. The molecule has 1 atom stereocenters. The zero-order chi connectivity index (χ0) is 20.6. The van der Waals surface area contributed by atoms with Gasteiger partial charge in [0.25, 0.3) is 11.8 Å². The van der Waals surface area contributed by atoms with E-state index in [4.69, 9.17) is 26.8 Å². The van der Waals surface area contributed by atoms with E-state index in [2.05, 4.69) is 15.3 Å². The molecule has 0 bridgehead atoms. The van der Waals surface area contributed by atoms with Gasteiger partial charge in [-0.05, 0) is 30.3 Å². The molecule has 1 spiro atoms. The first kappa shape index (κ1) is 19.5. The highest BCUT2D eigenvalue weighted by Gasteiger charge is 2.58. The standard InChI is InChI=1S/C19H17ClF2N4O3/c20-11-1-3-14(24-8-11)17(27)25-12-2-4-15-13(7-12)18(5-6-29-15)19(21,22)10-28-9-16(23)26-18/h1-4,7-8H,5-6,9-10H2,(H2,23,26)(H,25,27)/t18-/m1/s1. The molecule has 152 valence electrons. The molecule has 29 heavy (non-hydrogen) atoms. The van der Waals surface area contributed by atoms with E-state index in [1.807, 2.05) is 0 Å². The van der Waals surface area contributed by atoms with E-state index in [1.54, 1.807) is 6.07 Å². The third kappa shape index (κ3) is 3.51. The van der Waals surface area contributed by atoms with E-state index in [0.29, 0.717) is 10.7 Å². The topological polar surface area (TPSA) is 98.8 Å². The molecule has 3 N–H and O–H groups in total. The molecule has 0 unspecified atom stereocenters. The molecule has 0 radical (unpaired) electrons. The Morgan fingerprint density at radius 3 is 2.86 bits per heavy atom. The van der Waals surface area contributed by atoms with Gasteiger partial charge in [-0.1, -0.05) is 11.6 Å². The number of amides is 1. The maximum absolute atomic E-state index is 15.1. The number of carbonyl (C=O) groups is 1. The minimum absolute atomic E-state index is 0.0187. The number of aliphatic imine (C=N–C) groups is 1. The molecule has 3 heterocycles. The van der Waals surface area contributed by atoms with Crippen LogP contribution < -0.4 is 15.8 Å². The van der Waals surface area contributed by atoms with Crippen molar-refractivity contribution >= 4 is 29.0 Å². The normalized spacial score (nSPS) is 22.8. The van der Waals surface area contributed by atoms with E-state index in [-0.39, 0.29) is 42.5 Å². The highest BCUT2D eigenvalue weighted by molar-refractivity contribution is 6.30. The minimum atomic E-state index is -3.31. The number of fused-ring (bicyclic) bond motifs is 2. The Kier molecular flexibility index (Phi) is 4.87. The van der Waals surface area contributed by atoms with Gasteiger partial charge in [-0.3, -0.25) is 9.79 Å². The predicted octanol–water partition coefficient (Wildman–Crippen LogP) is 2.99. The molecular formula is C19H17ClF2N4O3. The Bertz CT molecular complexity index is 984. The lowest BCUT2D eigenvalue weighted by atomic mass is 9.79. The molecule has 2 aromatic rings. The number of nitrogens with two attached hydrogens (primary N) is 1. The van der Waals surface area contributed by atoms with Crippen LogP contribution in [-0.2, 0) is 10.3 Å². The monoisotopic (exact) mass is 422 g/mol. The summed E-state index contributed by atoms with van der Waals surface area (Å²) < 4.78 is 40.7. The molecule has 0 aliphatic carbocycles. The van der Waals surface area contributed by atoms with Crippen LogP contribution in [0, 0.1) is 0 Å². The number of pyridine rings is 1. The number of halogens is 3. The number of hydrogen-bond acceptors (Lipinski definition) is 6. The molecule has 0 saturated heterocycles. The lowest BCUT2D eigenvalue weighted by Gasteiger charge is -2.40. The fourth-order valence-electron chi connectivity index (χ4n) is 3.46. The molecule has 1 amide bonds. The van der Waals surface area contributed by atoms with Crippen LogP contribution in [0.2, 0.25) is 5.02 Å². The lowest BCUT2D eigenvalue weighted by Crippen LogP contribution is -2.49. The number of ether oxygens (including phenoxy) is 2. The van der Waals surface area contributed by atoms with Crippen molar-refractivity contribution in [3.63, 3.8) is 0 Å². The number of benzene rings is 1. The number of hydrogen-bond donors (Lipinski definition) is 2. The summed E-state index contributed by atoms with van der Waals surface area (Å²) in [7, 11) is 0. The fourth-order valence-corrected chi connectivity index (χ4v) is 3.58. The second kappa shape index (κ2) is 7.23. The summed E-state index contributed by atoms with van der Waals surface area (Å²) in [5.41, 5.74) is 4.43. The van der Waals surface area contributed by atoms with Crippen LogP contribution >= 0.6 is 11.6 Å². The Morgan fingerprint density at radius 2 is 2.10 bits per heavy atom. The number of rotatable bonds is 2. The molecule has 2 aliphatic rings. The van der Waals surface area contributed by atoms with E-state index in [1.165, 1.54) is 30.5 Å².